The summed E-state index contributed by atoms with van der Waals surface area (Å²) in [6, 6.07) is 65.3. The largest absolute Gasteiger partial charge is 0.308 e. The van der Waals surface area contributed by atoms with Gasteiger partial charge in [0.15, 0.2) is 0 Å². The Hall–Kier alpha value is -12.6. The molecular weight excluding hydrogens is 1370 g/mol. The smallest absolute Gasteiger partial charge is 0.231 e. The van der Waals surface area contributed by atoms with E-state index in [1.807, 2.05) is 100 Å². The number of hydrogen-bond acceptors (Lipinski definition) is 4. The first kappa shape index (κ1) is 66.6. The average Bonchev–Trinajstić information content (AvgIpc) is 1.56. The first-order valence-electron chi connectivity index (χ1n) is 40.8. The number of pyridine rings is 4. The van der Waals surface area contributed by atoms with Gasteiger partial charge in [-0.15, -0.1) is 0 Å². The molecule has 16 nitrogen and oxygen atoms in total. The molecule has 16 heteroatoms. The van der Waals surface area contributed by atoms with Gasteiger partial charge < -0.3 is 18.3 Å². The van der Waals surface area contributed by atoms with Crippen LogP contribution in [0.15, 0.2) is 200 Å². The Bertz CT molecular complexity index is 7010. The third kappa shape index (κ3) is 12.7. The molecule has 0 radical (unpaired) electrons. The van der Waals surface area contributed by atoms with Crippen LogP contribution in [0.5, 0.6) is 0 Å². The van der Waals surface area contributed by atoms with E-state index in [0.29, 0.717) is 17.0 Å². The molecule has 0 spiro atoms. The number of aromatic nitrogens is 16. The molecule has 12 heterocycles. The molecule has 0 bridgehead atoms. The number of imidazole rings is 8. The zero-order chi connectivity index (χ0) is 83.6. The normalized spacial score (nSPS) is 12.6. The van der Waals surface area contributed by atoms with Crippen molar-refractivity contribution in [1.29, 1.82) is 0 Å². The lowest BCUT2D eigenvalue weighted by atomic mass is 9.97. The summed E-state index contributed by atoms with van der Waals surface area (Å²) in [6.45, 7) is 22.6. The Labute approximate surface area is 659 Å². The van der Waals surface area contributed by atoms with Crippen molar-refractivity contribution in [2.24, 2.45) is 56.4 Å². The second-order valence-corrected chi connectivity index (χ2v) is 30.1. The summed E-state index contributed by atoms with van der Waals surface area (Å²) in [5.41, 5.74) is 37.3. The predicted octanol–water partition coefficient (Wildman–Crippen LogP) is 18.3. The van der Waals surface area contributed by atoms with Crippen LogP contribution in [0.25, 0.3) is 136 Å². The van der Waals surface area contributed by atoms with Crippen molar-refractivity contribution in [3.63, 3.8) is 0 Å². The van der Waals surface area contributed by atoms with Gasteiger partial charge in [0, 0.05) is 131 Å². The fourth-order valence-electron chi connectivity index (χ4n) is 16.6. The topological polar surface area (TPSA) is 104 Å². The zero-order valence-corrected chi connectivity index (χ0v) is 67.7. The maximum atomic E-state index is 7.97. The third-order valence-corrected chi connectivity index (χ3v) is 22.7. The number of fused-ring (bicyclic) bond motifs is 8. The summed E-state index contributed by atoms with van der Waals surface area (Å²) in [4.78, 5) is 18.9. The fraction of sp³-hybridized carbons (Fsp3) is 0.242. The number of aryl methyl sites for hydroxylation is 19. The number of benzene rings is 6. The van der Waals surface area contributed by atoms with Crippen molar-refractivity contribution in [2.75, 3.05) is 0 Å². The molecule has 111 heavy (non-hydrogen) atoms. The van der Waals surface area contributed by atoms with E-state index in [-0.39, 0.29) is 5.69 Å². The molecular formula is C95H102N16+4. The molecule has 0 aliphatic carbocycles. The second kappa shape index (κ2) is 28.8. The van der Waals surface area contributed by atoms with Gasteiger partial charge in [-0.3, -0.25) is 17.6 Å². The Morgan fingerprint density at radius 3 is 1.25 bits per heavy atom. The fourth-order valence-corrected chi connectivity index (χ4v) is 16.6. The van der Waals surface area contributed by atoms with Gasteiger partial charge in [-0.1, -0.05) is 84.4 Å². The molecule has 18 rings (SSSR count). The van der Waals surface area contributed by atoms with Crippen LogP contribution < -0.4 is 18.3 Å². The van der Waals surface area contributed by atoms with Crippen molar-refractivity contribution in [3.05, 3.63) is 285 Å². The van der Waals surface area contributed by atoms with Crippen LogP contribution in [0.2, 0.25) is 0 Å². The van der Waals surface area contributed by atoms with E-state index in [9.17, 15) is 0 Å². The predicted molar refractivity (Wildman–Crippen MR) is 451 cm³/mol. The van der Waals surface area contributed by atoms with E-state index in [4.69, 9.17) is 23.2 Å². The van der Waals surface area contributed by atoms with Gasteiger partial charge >= 0.3 is 0 Å². The minimum absolute atomic E-state index is 0.163. The summed E-state index contributed by atoms with van der Waals surface area (Å²) in [5.74, 6) is 3.47. The minimum atomic E-state index is -2.22. The maximum absolute atomic E-state index is 7.97. The Kier molecular flexibility index (Phi) is 17.3. The van der Waals surface area contributed by atoms with E-state index >= 15 is 0 Å². The van der Waals surface area contributed by atoms with E-state index in [2.05, 4.69) is 306 Å². The quantitative estimate of drug-likeness (QED) is 0.141. The molecule has 558 valence electrons. The average molecular weight is 1470 g/mol. The summed E-state index contributed by atoms with van der Waals surface area (Å²) < 4.78 is 73.1. The highest BCUT2D eigenvalue weighted by molar-refractivity contribution is 5.83. The monoisotopic (exact) mass is 1470 g/mol. The summed E-state index contributed by atoms with van der Waals surface area (Å²) in [6.07, 6.45) is 4.31. The number of para-hydroxylation sites is 4. The molecule has 18 aromatic rings. The number of rotatable bonds is 8. The van der Waals surface area contributed by atoms with Gasteiger partial charge in [0.25, 0.3) is 0 Å². The molecule has 6 aromatic carbocycles. The number of hydrogen-bond donors (Lipinski definition) is 0. The van der Waals surface area contributed by atoms with Crippen molar-refractivity contribution < 1.29 is 26.5 Å². The zero-order valence-electron chi connectivity index (χ0n) is 73.7. The highest BCUT2D eigenvalue weighted by atomic mass is 15.2. The van der Waals surface area contributed by atoms with Gasteiger partial charge in [0.2, 0.25) is 68.7 Å². The lowest BCUT2D eigenvalue weighted by Crippen LogP contribution is -2.35. The summed E-state index contributed by atoms with van der Waals surface area (Å²) in [5, 5.41) is 0. The number of nitrogens with zero attached hydrogens (tertiary/aromatic N) is 16. The SMILES string of the molecule is Cc1cc(-c2ccccc2C)[n+](C)c(-c2c(C)n3c(C)c(C)nc3n2C)c1.Cc1ccc(-c2cccc(-c3cn4c5ccccc5nc4n3C)[n+]2C)c(C)c1.[2H]C([2H])([2H])c1cc(-c2cc(C)cc(-c3cn4c5ccccc5nc4n3C)[n+]2C)c(C)cc1C.[2H]C([2H])([2H])c1nc2n(C)c(-c3cccc(-c4ccccc4C)[n+]3C)c(C)n2c1C. The van der Waals surface area contributed by atoms with Gasteiger partial charge in [0.05, 0.1) is 44.8 Å². The second-order valence-electron chi connectivity index (χ2n) is 30.1. The molecule has 12 aromatic heterocycles. The molecule has 0 fully saturated rings. The van der Waals surface area contributed by atoms with Gasteiger partial charge in [0.1, 0.15) is 51.0 Å². The molecule has 0 saturated heterocycles. The maximum Gasteiger partial charge on any atom is 0.231 e. The molecule has 0 saturated carbocycles. The Balaban J connectivity index is 0.000000123. The van der Waals surface area contributed by atoms with E-state index < -0.39 is 13.7 Å². The third-order valence-electron chi connectivity index (χ3n) is 22.7. The lowest BCUT2D eigenvalue weighted by molar-refractivity contribution is -0.649. The van der Waals surface area contributed by atoms with Crippen molar-refractivity contribution >= 4 is 45.2 Å². The van der Waals surface area contributed by atoms with Crippen LogP contribution in [-0.4, -0.2) is 55.8 Å². The molecule has 0 amide bonds. The highest BCUT2D eigenvalue weighted by Crippen LogP contribution is 2.35. The van der Waals surface area contributed by atoms with Gasteiger partial charge in [-0.25, -0.2) is 19.9 Å². The van der Waals surface area contributed by atoms with Crippen LogP contribution in [0.3, 0.4) is 0 Å². The van der Waals surface area contributed by atoms with Crippen molar-refractivity contribution in [2.45, 2.75) is 104 Å². The Morgan fingerprint density at radius 2 is 0.712 bits per heavy atom. The van der Waals surface area contributed by atoms with Crippen LogP contribution in [-0.2, 0) is 56.4 Å². The van der Waals surface area contributed by atoms with E-state index in [1.54, 1.807) is 0 Å². The van der Waals surface area contributed by atoms with E-state index in [0.717, 1.165) is 119 Å². The van der Waals surface area contributed by atoms with Crippen LogP contribution in [0, 0.1) is 104 Å². The first-order valence-corrected chi connectivity index (χ1v) is 37.8. The molecule has 0 aliphatic heterocycles. The standard InChI is InChI=1S/C26H27N4.C24H23N4.C23H27N4.C22H25N4/c1-16-11-23(20-14-18(3)17(2)13-19(20)4)28(5)24(12-16)25-15-30-22-10-8-7-9-21(22)27-26(30)29(25)6;1-16-12-13-18(17(2)14-16)20-10-7-11-22(26(20)3)23-15-28-21-9-6-5-8-19(21)25-24(28)27(23)4;1-14-12-20(19-11-9-8-10-15(19)2)25(6)21(13-14)22-18(5)27-17(4)16(3)24-23(27)26(22)7;1-14-10-7-8-11-18(14)19-12-9-13-20(24(19)5)21-17(4)26-16(3)15(2)23-22(26)25(21)6/h7-15H,1-6H3;5-15H,1-4H3;8-13H,1-7H3;7-13H,1-6H3/q4*+1/i3D3;;;2D3. The Morgan fingerprint density at radius 1 is 0.288 bits per heavy atom. The van der Waals surface area contributed by atoms with Crippen LogP contribution >= 0.6 is 0 Å². The highest BCUT2D eigenvalue weighted by Gasteiger charge is 2.31. The van der Waals surface area contributed by atoms with Gasteiger partial charge in [-0.05, 0) is 209 Å². The minimum Gasteiger partial charge on any atom is -0.308 e. The van der Waals surface area contributed by atoms with Crippen molar-refractivity contribution in [3.8, 4) is 90.6 Å². The first-order chi connectivity index (χ1) is 55.5. The molecule has 0 aliphatic rings. The molecule has 0 atom stereocenters. The van der Waals surface area contributed by atoms with Crippen molar-refractivity contribution in [1.82, 2.24) is 55.8 Å². The summed E-state index contributed by atoms with van der Waals surface area (Å²) >= 11 is 0. The van der Waals surface area contributed by atoms with Crippen LogP contribution in [0.4, 0.5) is 0 Å². The van der Waals surface area contributed by atoms with Crippen LogP contribution in [0.1, 0.15) is 92.5 Å². The summed E-state index contributed by atoms with van der Waals surface area (Å²) in [7, 11) is 16.6. The molecule has 0 unspecified atom stereocenters. The van der Waals surface area contributed by atoms with Gasteiger partial charge in [-0.2, -0.15) is 18.3 Å². The molecule has 0 N–H and O–H groups in total. The van der Waals surface area contributed by atoms with E-state index in [1.165, 1.54) is 78.7 Å². The lowest BCUT2D eigenvalue weighted by Gasteiger charge is -2.12.